The number of halogens is 1. The molecule has 2 N–H and O–H groups in total. The molecule has 1 aromatic carbocycles. The van der Waals surface area contributed by atoms with Crippen molar-refractivity contribution < 1.29 is 4.39 Å². The van der Waals surface area contributed by atoms with Gasteiger partial charge >= 0.3 is 0 Å². The van der Waals surface area contributed by atoms with Gasteiger partial charge in [0.1, 0.15) is 5.82 Å². The molecule has 0 radical (unpaired) electrons. The quantitative estimate of drug-likeness (QED) is 0.769. The Bertz CT molecular complexity index is 317. The summed E-state index contributed by atoms with van der Waals surface area (Å²) in [4.78, 5) is 0.958. The molecular weight excluding hydrogens is 221 g/mol. The van der Waals surface area contributed by atoms with E-state index in [1.54, 1.807) is 23.9 Å². The van der Waals surface area contributed by atoms with Crippen molar-refractivity contribution in [2.75, 3.05) is 5.75 Å². The van der Waals surface area contributed by atoms with Crippen LogP contribution in [0.25, 0.3) is 0 Å². The largest absolute Gasteiger partial charge is 0.327 e. The molecule has 2 unspecified atom stereocenters. The Balaban J connectivity index is 2.39. The minimum atomic E-state index is -0.180. The van der Waals surface area contributed by atoms with E-state index < -0.39 is 0 Å². The topological polar surface area (TPSA) is 26.0 Å². The molecule has 0 spiro atoms. The highest BCUT2D eigenvalue weighted by molar-refractivity contribution is 7.99. The Morgan fingerprint density at radius 3 is 2.81 bits per heavy atom. The van der Waals surface area contributed by atoms with E-state index in [0.717, 1.165) is 17.1 Å². The number of hydrogen-bond acceptors (Lipinski definition) is 2. The van der Waals surface area contributed by atoms with E-state index in [0.29, 0.717) is 5.92 Å². The maximum Gasteiger partial charge on any atom is 0.124 e. The third-order valence-corrected chi connectivity index (χ3v) is 3.85. The van der Waals surface area contributed by atoms with Crippen molar-refractivity contribution in [3.8, 4) is 0 Å². The van der Waals surface area contributed by atoms with Crippen LogP contribution < -0.4 is 5.73 Å². The van der Waals surface area contributed by atoms with Crippen molar-refractivity contribution in [1.82, 2.24) is 0 Å². The summed E-state index contributed by atoms with van der Waals surface area (Å²) in [5.74, 6) is 1.20. The fourth-order valence-corrected chi connectivity index (χ4v) is 2.67. The van der Waals surface area contributed by atoms with Crippen LogP contribution in [0, 0.1) is 11.7 Å². The van der Waals surface area contributed by atoms with Gasteiger partial charge in [0.2, 0.25) is 0 Å². The van der Waals surface area contributed by atoms with Gasteiger partial charge in [0.25, 0.3) is 0 Å². The van der Waals surface area contributed by atoms with Crippen molar-refractivity contribution in [3.05, 3.63) is 30.1 Å². The van der Waals surface area contributed by atoms with Gasteiger partial charge in [-0.15, -0.1) is 11.8 Å². The smallest absolute Gasteiger partial charge is 0.124 e. The van der Waals surface area contributed by atoms with Crippen molar-refractivity contribution in [3.63, 3.8) is 0 Å². The first kappa shape index (κ1) is 13.5. The van der Waals surface area contributed by atoms with E-state index in [1.165, 1.54) is 12.5 Å². The van der Waals surface area contributed by atoms with Crippen molar-refractivity contribution >= 4 is 11.8 Å². The lowest BCUT2D eigenvalue weighted by Gasteiger charge is -2.18. The van der Waals surface area contributed by atoms with Crippen LogP contribution in [0.5, 0.6) is 0 Å². The molecule has 0 saturated carbocycles. The zero-order valence-electron chi connectivity index (χ0n) is 9.95. The molecule has 0 aromatic heterocycles. The second kappa shape index (κ2) is 6.92. The van der Waals surface area contributed by atoms with Crippen molar-refractivity contribution in [1.29, 1.82) is 0 Å². The van der Waals surface area contributed by atoms with E-state index in [4.69, 9.17) is 5.73 Å². The van der Waals surface area contributed by atoms with Gasteiger partial charge in [-0.3, -0.25) is 0 Å². The van der Waals surface area contributed by atoms with Crippen LogP contribution in [-0.4, -0.2) is 11.8 Å². The number of hydrogen-bond donors (Lipinski definition) is 1. The molecule has 2 atom stereocenters. The molecule has 0 bridgehead atoms. The molecule has 0 amide bonds. The van der Waals surface area contributed by atoms with Crippen LogP contribution in [0.2, 0.25) is 0 Å². The SMILES string of the molecule is CCCC(C)C(N)CSc1cccc(F)c1. The summed E-state index contributed by atoms with van der Waals surface area (Å²) < 4.78 is 12.9. The molecule has 0 aliphatic heterocycles. The third-order valence-electron chi connectivity index (χ3n) is 2.71. The second-order valence-electron chi connectivity index (χ2n) is 4.20. The van der Waals surface area contributed by atoms with Gasteiger partial charge in [0.05, 0.1) is 0 Å². The number of thioether (sulfide) groups is 1. The molecule has 90 valence electrons. The molecule has 1 aromatic rings. The summed E-state index contributed by atoms with van der Waals surface area (Å²) in [5, 5.41) is 0. The average Bonchev–Trinajstić information content (AvgIpc) is 2.26. The Morgan fingerprint density at radius 1 is 1.44 bits per heavy atom. The van der Waals surface area contributed by atoms with Gasteiger partial charge < -0.3 is 5.73 Å². The Kier molecular flexibility index (Phi) is 5.85. The van der Waals surface area contributed by atoms with Crippen LogP contribution in [-0.2, 0) is 0 Å². The van der Waals surface area contributed by atoms with Gasteiger partial charge in [0, 0.05) is 16.7 Å². The lowest BCUT2D eigenvalue weighted by molar-refractivity contribution is 0.450. The fraction of sp³-hybridized carbons (Fsp3) is 0.538. The number of nitrogens with two attached hydrogens (primary N) is 1. The van der Waals surface area contributed by atoms with Gasteiger partial charge in [-0.2, -0.15) is 0 Å². The Labute approximate surface area is 102 Å². The summed E-state index contributed by atoms with van der Waals surface area (Å²) >= 11 is 1.63. The molecule has 1 rings (SSSR count). The maximum absolute atomic E-state index is 12.9. The highest BCUT2D eigenvalue weighted by Gasteiger charge is 2.12. The molecule has 0 aliphatic rings. The monoisotopic (exact) mass is 241 g/mol. The average molecular weight is 241 g/mol. The van der Waals surface area contributed by atoms with Crippen LogP contribution >= 0.6 is 11.8 Å². The molecular formula is C13H20FNS. The van der Waals surface area contributed by atoms with Crippen LogP contribution in [0.15, 0.2) is 29.2 Å². The fourth-order valence-electron chi connectivity index (χ4n) is 1.58. The Morgan fingerprint density at radius 2 is 2.19 bits per heavy atom. The van der Waals surface area contributed by atoms with Gasteiger partial charge in [-0.25, -0.2) is 4.39 Å². The summed E-state index contributed by atoms with van der Waals surface area (Å²) in [6.07, 6.45) is 2.32. The van der Waals surface area contributed by atoms with Crippen LogP contribution in [0.4, 0.5) is 4.39 Å². The lowest BCUT2D eigenvalue weighted by Crippen LogP contribution is -2.30. The first-order valence-electron chi connectivity index (χ1n) is 5.77. The molecule has 0 aliphatic carbocycles. The standard InChI is InChI=1S/C13H20FNS/c1-3-5-10(2)13(15)9-16-12-7-4-6-11(14)8-12/h4,6-8,10,13H,3,5,9,15H2,1-2H3. The zero-order valence-corrected chi connectivity index (χ0v) is 10.8. The number of rotatable bonds is 6. The first-order valence-corrected chi connectivity index (χ1v) is 6.76. The van der Waals surface area contributed by atoms with E-state index in [-0.39, 0.29) is 11.9 Å². The van der Waals surface area contributed by atoms with E-state index in [2.05, 4.69) is 13.8 Å². The number of benzene rings is 1. The van der Waals surface area contributed by atoms with Crippen LogP contribution in [0.1, 0.15) is 26.7 Å². The summed E-state index contributed by atoms with van der Waals surface area (Å²) in [7, 11) is 0. The van der Waals surface area contributed by atoms with Crippen LogP contribution in [0.3, 0.4) is 0 Å². The van der Waals surface area contributed by atoms with E-state index in [1.807, 2.05) is 6.07 Å². The summed E-state index contributed by atoms with van der Waals surface area (Å²) in [5.41, 5.74) is 6.07. The predicted octanol–water partition coefficient (Wildman–Crippen LogP) is 3.68. The maximum atomic E-state index is 12.9. The molecule has 1 nitrogen and oxygen atoms in total. The zero-order chi connectivity index (χ0) is 12.0. The van der Waals surface area contributed by atoms with Crippen molar-refractivity contribution in [2.45, 2.75) is 37.6 Å². The molecule has 0 saturated heterocycles. The lowest BCUT2D eigenvalue weighted by atomic mass is 9.99. The minimum Gasteiger partial charge on any atom is -0.327 e. The van der Waals surface area contributed by atoms with E-state index >= 15 is 0 Å². The Hall–Kier alpha value is -0.540. The highest BCUT2D eigenvalue weighted by atomic mass is 32.2. The molecule has 0 fully saturated rings. The highest BCUT2D eigenvalue weighted by Crippen LogP contribution is 2.21. The summed E-state index contributed by atoms with van der Waals surface area (Å²) in [6, 6.07) is 6.86. The molecule has 3 heteroatoms. The molecule has 0 heterocycles. The van der Waals surface area contributed by atoms with Gasteiger partial charge in [-0.1, -0.05) is 26.3 Å². The van der Waals surface area contributed by atoms with Gasteiger partial charge in [-0.05, 0) is 30.5 Å². The van der Waals surface area contributed by atoms with E-state index in [9.17, 15) is 4.39 Å². The van der Waals surface area contributed by atoms with Crippen molar-refractivity contribution in [2.24, 2.45) is 11.7 Å². The normalized spacial score (nSPS) is 14.8. The minimum absolute atomic E-state index is 0.180. The van der Waals surface area contributed by atoms with Gasteiger partial charge in [0.15, 0.2) is 0 Å². The molecule has 16 heavy (non-hydrogen) atoms. The predicted molar refractivity (Wildman–Crippen MR) is 69.2 cm³/mol. The summed E-state index contributed by atoms with van der Waals surface area (Å²) in [6.45, 7) is 4.35. The second-order valence-corrected chi connectivity index (χ2v) is 5.29. The first-order chi connectivity index (χ1) is 7.63. The third kappa shape index (κ3) is 4.54.